The van der Waals surface area contributed by atoms with Gasteiger partial charge in [-0.3, -0.25) is 0 Å². The normalized spacial score (nSPS) is 10.6. The number of carboxylic acids is 3. The molecule has 1 unspecified atom stereocenters. The van der Waals surface area contributed by atoms with Gasteiger partial charge in [0, 0.05) is 56.9 Å². The number of aromatic amines is 1. The van der Waals surface area contributed by atoms with E-state index in [1.165, 1.54) is 127 Å². The first-order valence-corrected chi connectivity index (χ1v) is 24.3. The topological polar surface area (TPSA) is 158 Å². The third-order valence-corrected chi connectivity index (χ3v) is 10.4. The lowest BCUT2D eigenvalue weighted by Crippen LogP contribution is -2.39. The van der Waals surface area contributed by atoms with Crippen molar-refractivity contribution in [3.8, 4) is 0 Å². The number of imidazole rings is 3. The van der Waals surface area contributed by atoms with Crippen LogP contribution in [-0.4, -0.2) is 32.0 Å². The molecule has 3 heterocycles. The van der Waals surface area contributed by atoms with Crippen molar-refractivity contribution in [2.24, 2.45) is 0 Å². The molecule has 0 saturated carbocycles. The second kappa shape index (κ2) is 39.9. The number of hydrogen-bond donors (Lipinski definition) is 1. The molecule has 12 heteroatoms. The summed E-state index contributed by atoms with van der Waals surface area (Å²) in [5.41, 5.74) is 6.20. The number of nitrogens with one attached hydrogen (secondary N) is 1. The predicted molar refractivity (Wildman–Crippen MR) is 247 cm³/mol. The summed E-state index contributed by atoms with van der Waals surface area (Å²) < 4.78 is 12.3. The summed E-state index contributed by atoms with van der Waals surface area (Å²) in [4.78, 5) is 30.3. The smallest absolute Gasteiger partial charge is 0.254 e. The van der Waals surface area contributed by atoms with Crippen LogP contribution in [0, 0.1) is 6.92 Å². The summed E-state index contributed by atoms with van der Waals surface area (Å²) in [6.45, 7) is 34.7. The van der Waals surface area contributed by atoms with Crippen molar-refractivity contribution in [1.29, 1.82) is 0 Å². The summed E-state index contributed by atoms with van der Waals surface area (Å²) in [5, 5.41) is 26.7. The third kappa shape index (κ3) is 27.9. The highest BCUT2D eigenvalue weighted by Crippen LogP contribution is 2.17. The number of aliphatic carboxylic acids is 3. The average molecular weight is 875 g/mol. The minimum Gasteiger partial charge on any atom is -0.550 e. The molecule has 0 saturated heterocycles. The van der Waals surface area contributed by atoms with Gasteiger partial charge in [-0.25, -0.2) is 27.8 Å². The molecular formula is C50H94N6O6. The minimum atomic E-state index is -1.08. The Morgan fingerprint density at radius 2 is 1.15 bits per heavy atom. The Kier molecular flexibility index (Phi) is 40.1. The summed E-state index contributed by atoms with van der Waals surface area (Å²) >= 11 is 0. The quantitative estimate of drug-likeness (QED) is 0.101. The van der Waals surface area contributed by atoms with Gasteiger partial charge in [-0.05, 0) is 79.6 Å². The molecule has 3 aromatic rings. The first kappa shape index (κ1) is 62.3. The van der Waals surface area contributed by atoms with E-state index >= 15 is 0 Å². The van der Waals surface area contributed by atoms with Gasteiger partial charge >= 0.3 is 0 Å². The average Bonchev–Trinajstić information content (AvgIpc) is 3.91. The molecule has 0 spiro atoms. The molecule has 0 aliphatic rings. The molecule has 1 atom stereocenters. The summed E-state index contributed by atoms with van der Waals surface area (Å²) in [6.07, 6.45) is 29.3. The number of aryl methyl sites for hydroxylation is 3. The van der Waals surface area contributed by atoms with Crippen LogP contribution in [0.3, 0.4) is 0 Å². The van der Waals surface area contributed by atoms with E-state index in [0.717, 1.165) is 53.2 Å². The van der Waals surface area contributed by atoms with E-state index in [4.69, 9.17) is 29.7 Å². The highest BCUT2D eigenvalue weighted by Gasteiger charge is 2.25. The van der Waals surface area contributed by atoms with Crippen LogP contribution < -0.4 is 29.0 Å². The fourth-order valence-electron chi connectivity index (χ4n) is 7.38. The molecule has 0 aliphatic heterocycles. The number of nitrogens with zero attached hydrogens (tertiary/aromatic N) is 5. The Morgan fingerprint density at radius 3 is 1.58 bits per heavy atom. The summed E-state index contributed by atoms with van der Waals surface area (Å²) in [7, 11) is 0. The van der Waals surface area contributed by atoms with Crippen molar-refractivity contribution in [2.75, 3.05) is 0 Å². The fourth-order valence-corrected chi connectivity index (χ4v) is 7.38. The molecule has 0 bridgehead atoms. The van der Waals surface area contributed by atoms with E-state index in [-0.39, 0.29) is 0 Å². The van der Waals surface area contributed by atoms with Crippen molar-refractivity contribution in [1.82, 2.24) is 14.1 Å². The number of carbonyl (C=O) groups is 3. The zero-order chi connectivity index (χ0) is 48.0. The standard InChI is InChI=1S/C16H31N2.C15H28N2.C13H25N2.3C2H4O2/c1-6-10-12-16-15(8-3)18(13-11-7-2)14(5)17(16)9-4;1-5-9-11-14-13(7-3)16-15(12-10-6-2)17(14)8-4;1-4-7-9-14-10-11-15(12-14)13(6-3)8-5-2;3*1-2(3)4/h6-13H2,1-5H3;5-12H2,1-4H3;10-13H,4-9H2,1-3H3;3*1H3,(H,3,4)/q+1;;+1;;;/p-2. The van der Waals surface area contributed by atoms with Gasteiger partial charge in [0.25, 0.3) is 11.6 Å². The molecule has 360 valence electrons. The molecule has 62 heavy (non-hydrogen) atoms. The van der Waals surface area contributed by atoms with Gasteiger partial charge in [0.2, 0.25) is 6.33 Å². The van der Waals surface area contributed by atoms with Crippen LogP contribution in [0.2, 0.25) is 0 Å². The van der Waals surface area contributed by atoms with Crippen molar-refractivity contribution in [3.63, 3.8) is 0 Å². The number of hydrogen-bond acceptors (Lipinski definition) is 6. The van der Waals surface area contributed by atoms with Crippen LogP contribution in [-0.2, 0) is 72.7 Å². The zero-order valence-electron chi connectivity index (χ0n) is 42.6. The van der Waals surface area contributed by atoms with Gasteiger partial charge in [0.05, 0.1) is 26.2 Å². The number of aromatic nitrogens is 6. The maximum atomic E-state index is 8.89. The van der Waals surface area contributed by atoms with E-state index < -0.39 is 17.9 Å². The molecule has 3 rings (SSSR count). The van der Waals surface area contributed by atoms with Crippen molar-refractivity contribution in [3.05, 3.63) is 53.1 Å². The first-order chi connectivity index (χ1) is 29.5. The number of carbonyl (C=O) groups excluding carboxylic acids is 3. The van der Waals surface area contributed by atoms with E-state index in [2.05, 4.69) is 130 Å². The Labute approximate surface area is 379 Å². The SMILES string of the molecule is CC(=O)[O-].CC(=O)[O-].CC(=O)[O-].CCCC[n+]1ccn(C(CC)CCC)c1.CCCCc1[nH]c(CC)c(CCCC)[n+]1CC.CCCCc1c(CC)[n+](CCCC)c(C)n1CC. The molecule has 0 radical (unpaired) electrons. The van der Waals surface area contributed by atoms with E-state index in [9.17, 15) is 0 Å². The molecule has 12 nitrogen and oxygen atoms in total. The molecule has 0 aliphatic carbocycles. The van der Waals surface area contributed by atoms with Crippen LogP contribution in [0.1, 0.15) is 221 Å². The molecule has 0 amide bonds. The molecule has 1 N–H and O–H groups in total. The van der Waals surface area contributed by atoms with Crippen molar-refractivity contribution < 1.29 is 43.4 Å². The third-order valence-electron chi connectivity index (χ3n) is 10.4. The number of carboxylic acid groups (broad SMARTS) is 3. The molecule has 3 aromatic heterocycles. The number of H-pyrrole nitrogens is 1. The van der Waals surface area contributed by atoms with Crippen LogP contribution in [0.15, 0.2) is 18.7 Å². The van der Waals surface area contributed by atoms with E-state index in [1.54, 1.807) is 17.1 Å². The number of unbranched alkanes of at least 4 members (excludes halogenated alkanes) is 5. The van der Waals surface area contributed by atoms with Gasteiger partial charge in [-0.15, -0.1) is 0 Å². The lowest BCUT2D eigenvalue weighted by atomic mass is 10.1. The monoisotopic (exact) mass is 875 g/mol. The number of rotatable bonds is 23. The molecule has 0 aromatic carbocycles. The van der Waals surface area contributed by atoms with Crippen LogP contribution >= 0.6 is 0 Å². The van der Waals surface area contributed by atoms with Gasteiger partial charge in [0.15, 0.2) is 0 Å². The predicted octanol–water partition coefficient (Wildman–Crippen LogP) is 6.97. The van der Waals surface area contributed by atoms with Gasteiger partial charge in [-0.2, -0.15) is 0 Å². The maximum Gasteiger partial charge on any atom is 0.254 e. The van der Waals surface area contributed by atoms with Gasteiger partial charge in [-0.1, -0.05) is 101 Å². The van der Waals surface area contributed by atoms with E-state index in [0.29, 0.717) is 6.04 Å². The van der Waals surface area contributed by atoms with Crippen molar-refractivity contribution in [2.45, 2.75) is 252 Å². The largest absolute Gasteiger partial charge is 0.550 e. The van der Waals surface area contributed by atoms with Gasteiger partial charge < -0.3 is 29.7 Å². The fraction of sp³-hybridized carbons (Fsp3) is 0.760. The second-order valence-electron chi connectivity index (χ2n) is 15.7. The second-order valence-corrected chi connectivity index (χ2v) is 15.7. The maximum absolute atomic E-state index is 8.89. The van der Waals surface area contributed by atoms with Gasteiger partial charge in [0.1, 0.15) is 41.2 Å². The minimum absolute atomic E-state index is 0.692. The highest BCUT2D eigenvalue weighted by atomic mass is 16.4. The Bertz CT molecular complexity index is 1530. The Morgan fingerprint density at radius 1 is 0.645 bits per heavy atom. The summed E-state index contributed by atoms with van der Waals surface area (Å²) in [5.74, 6) is -0.355. The lowest BCUT2D eigenvalue weighted by Gasteiger charge is -2.09. The van der Waals surface area contributed by atoms with Crippen molar-refractivity contribution >= 4 is 17.9 Å². The zero-order valence-corrected chi connectivity index (χ0v) is 42.6. The Hall–Kier alpha value is -3.96. The first-order valence-electron chi connectivity index (χ1n) is 24.3. The molecule has 0 fully saturated rings. The lowest BCUT2D eigenvalue weighted by molar-refractivity contribution is -0.709. The Balaban J connectivity index is -0.000000744. The van der Waals surface area contributed by atoms with E-state index in [1.807, 2.05) is 0 Å². The molecular weight excluding hydrogens is 781 g/mol. The highest BCUT2D eigenvalue weighted by molar-refractivity contribution is 5.60. The summed E-state index contributed by atoms with van der Waals surface area (Å²) in [6, 6.07) is 0.692. The van der Waals surface area contributed by atoms with Crippen LogP contribution in [0.5, 0.6) is 0 Å². The van der Waals surface area contributed by atoms with Crippen LogP contribution in [0.4, 0.5) is 0 Å². The van der Waals surface area contributed by atoms with Crippen LogP contribution in [0.25, 0.3) is 0 Å².